The molecule has 2 rings (SSSR count). The maximum Gasteiger partial charge on any atom is 0.253 e. The summed E-state index contributed by atoms with van der Waals surface area (Å²) in [6.45, 7) is 1.74. The molecule has 7 heteroatoms. The number of rotatable bonds is 4. The summed E-state index contributed by atoms with van der Waals surface area (Å²) in [7, 11) is 0. The molecule has 1 fully saturated rings. The van der Waals surface area contributed by atoms with Gasteiger partial charge in [0.15, 0.2) is 0 Å². The monoisotopic (exact) mass is 327 g/mol. The molecule has 1 aliphatic heterocycles. The van der Waals surface area contributed by atoms with Gasteiger partial charge in [-0.05, 0) is 31.4 Å². The number of anilines is 1. The summed E-state index contributed by atoms with van der Waals surface area (Å²) in [5.41, 5.74) is 5.27. The van der Waals surface area contributed by atoms with Gasteiger partial charge in [0, 0.05) is 31.1 Å². The maximum atomic E-state index is 13.4. The minimum absolute atomic E-state index is 0.0181. The minimum atomic E-state index is -0.734. The second-order valence-corrected chi connectivity index (χ2v) is 5.73. The quantitative estimate of drug-likeness (QED) is 0.832. The second-order valence-electron chi connectivity index (χ2n) is 5.30. The van der Waals surface area contributed by atoms with Crippen molar-refractivity contribution >= 4 is 29.1 Å². The van der Waals surface area contributed by atoms with Crippen molar-refractivity contribution in [2.45, 2.75) is 25.7 Å². The largest absolute Gasteiger partial charge is 0.396 e. The molecule has 1 aliphatic rings. The fraction of sp³-hybridized carbons (Fsp3) is 0.467. The highest BCUT2D eigenvalue weighted by Crippen LogP contribution is 2.22. The number of nitrogens with zero attached hydrogens (tertiary/aromatic N) is 1. The highest BCUT2D eigenvalue weighted by molar-refractivity contribution is 6.31. The van der Waals surface area contributed by atoms with Gasteiger partial charge in [0.1, 0.15) is 5.82 Å². The highest BCUT2D eigenvalue weighted by Gasteiger charge is 2.18. The molecule has 1 saturated heterocycles. The molecule has 2 amide bonds. The molecule has 0 aliphatic carbocycles. The number of likely N-dealkylation sites (tertiary alicyclic amines) is 1. The van der Waals surface area contributed by atoms with E-state index >= 15 is 0 Å². The lowest BCUT2D eigenvalue weighted by atomic mass is 10.1. The maximum absolute atomic E-state index is 13.4. The Morgan fingerprint density at radius 2 is 1.95 bits per heavy atom. The van der Waals surface area contributed by atoms with Crippen molar-refractivity contribution < 1.29 is 14.0 Å². The number of benzene rings is 1. The molecule has 0 atom stereocenters. The van der Waals surface area contributed by atoms with Crippen LogP contribution in [0.25, 0.3) is 0 Å². The predicted octanol–water partition coefficient (Wildman–Crippen LogP) is 2.19. The molecule has 0 bridgehead atoms. The van der Waals surface area contributed by atoms with Crippen molar-refractivity contribution in [3.05, 3.63) is 28.5 Å². The SMILES string of the molecule is Nc1c(F)cc(Cl)cc1C(=O)NCCC(=O)N1CCCCC1. The number of nitrogen functional groups attached to an aromatic ring is 1. The fourth-order valence-electron chi connectivity index (χ4n) is 2.45. The Kier molecular flexibility index (Phi) is 5.60. The Labute approximate surface area is 133 Å². The number of nitrogens with two attached hydrogens (primary N) is 1. The van der Waals surface area contributed by atoms with E-state index in [1.165, 1.54) is 6.07 Å². The zero-order chi connectivity index (χ0) is 16.1. The van der Waals surface area contributed by atoms with Crippen LogP contribution >= 0.6 is 11.6 Å². The first-order chi connectivity index (χ1) is 10.5. The Morgan fingerprint density at radius 3 is 2.64 bits per heavy atom. The van der Waals surface area contributed by atoms with Gasteiger partial charge in [0.05, 0.1) is 11.3 Å². The van der Waals surface area contributed by atoms with E-state index in [9.17, 15) is 14.0 Å². The van der Waals surface area contributed by atoms with Crippen molar-refractivity contribution in [1.82, 2.24) is 10.2 Å². The Bertz CT molecular complexity index is 574. The fourth-order valence-corrected chi connectivity index (χ4v) is 2.66. The first-order valence-electron chi connectivity index (χ1n) is 7.29. The molecular weight excluding hydrogens is 309 g/mol. The molecule has 120 valence electrons. The molecule has 0 saturated carbocycles. The van der Waals surface area contributed by atoms with Gasteiger partial charge in [-0.1, -0.05) is 11.6 Å². The topological polar surface area (TPSA) is 75.4 Å². The number of halogens is 2. The van der Waals surface area contributed by atoms with Crippen molar-refractivity contribution in [3.63, 3.8) is 0 Å². The second kappa shape index (κ2) is 7.45. The van der Waals surface area contributed by atoms with Crippen LogP contribution in [0.15, 0.2) is 12.1 Å². The zero-order valence-corrected chi connectivity index (χ0v) is 13.0. The van der Waals surface area contributed by atoms with E-state index in [1.807, 2.05) is 4.90 Å². The van der Waals surface area contributed by atoms with Gasteiger partial charge >= 0.3 is 0 Å². The summed E-state index contributed by atoms with van der Waals surface area (Å²) in [6, 6.07) is 2.36. The van der Waals surface area contributed by atoms with Crippen LogP contribution in [0.4, 0.5) is 10.1 Å². The first-order valence-corrected chi connectivity index (χ1v) is 7.67. The van der Waals surface area contributed by atoms with Crippen LogP contribution in [0.5, 0.6) is 0 Å². The molecule has 0 unspecified atom stereocenters. The van der Waals surface area contributed by atoms with E-state index in [-0.39, 0.29) is 35.1 Å². The summed E-state index contributed by atoms with van der Waals surface area (Å²) in [5, 5.41) is 2.67. The third-order valence-electron chi connectivity index (χ3n) is 3.67. The number of piperidine rings is 1. The van der Waals surface area contributed by atoms with Gasteiger partial charge in [-0.25, -0.2) is 4.39 Å². The molecule has 1 aromatic carbocycles. The summed E-state index contributed by atoms with van der Waals surface area (Å²) in [4.78, 5) is 25.8. The highest BCUT2D eigenvalue weighted by atomic mass is 35.5. The van der Waals surface area contributed by atoms with Crippen LogP contribution in [0.3, 0.4) is 0 Å². The summed E-state index contributed by atoms with van der Waals surface area (Å²) < 4.78 is 13.4. The van der Waals surface area contributed by atoms with Crippen LogP contribution in [0, 0.1) is 5.82 Å². The van der Waals surface area contributed by atoms with Crippen LogP contribution in [0.2, 0.25) is 5.02 Å². The van der Waals surface area contributed by atoms with Crippen molar-refractivity contribution in [1.29, 1.82) is 0 Å². The van der Waals surface area contributed by atoms with E-state index in [2.05, 4.69) is 5.32 Å². The Morgan fingerprint density at radius 1 is 1.27 bits per heavy atom. The van der Waals surface area contributed by atoms with E-state index in [1.54, 1.807) is 0 Å². The van der Waals surface area contributed by atoms with Gasteiger partial charge in [0.2, 0.25) is 5.91 Å². The molecule has 1 heterocycles. The van der Waals surface area contributed by atoms with Gasteiger partial charge in [-0.2, -0.15) is 0 Å². The smallest absolute Gasteiger partial charge is 0.253 e. The number of nitrogens with one attached hydrogen (secondary N) is 1. The van der Waals surface area contributed by atoms with Crippen LogP contribution in [-0.4, -0.2) is 36.3 Å². The number of amides is 2. The normalized spacial score (nSPS) is 14.7. The lowest BCUT2D eigenvalue weighted by Crippen LogP contribution is -2.37. The minimum Gasteiger partial charge on any atom is -0.396 e. The summed E-state index contributed by atoms with van der Waals surface area (Å²) in [5.74, 6) is -1.25. The van der Waals surface area contributed by atoms with Crippen molar-refractivity contribution in [2.24, 2.45) is 0 Å². The molecule has 0 radical (unpaired) electrons. The van der Waals surface area contributed by atoms with E-state index < -0.39 is 11.7 Å². The molecule has 0 spiro atoms. The van der Waals surface area contributed by atoms with Crippen molar-refractivity contribution in [2.75, 3.05) is 25.4 Å². The van der Waals surface area contributed by atoms with Gasteiger partial charge < -0.3 is 16.0 Å². The molecule has 3 N–H and O–H groups in total. The van der Waals surface area contributed by atoms with E-state index in [4.69, 9.17) is 17.3 Å². The molecule has 22 heavy (non-hydrogen) atoms. The molecular formula is C15H19ClFN3O2. The van der Waals surface area contributed by atoms with Crippen LogP contribution in [-0.2, 0) is 4.79 Å². The average Bonchev–Trinajstić information content (AvgIpc) is 2.51. The lowest BCUT2D eigenvalue weighted by molar-refractivity contribution is -0.131. The average molecular weight is 328 g/mol. The van der Waals surface area contributed by atoms with Crippen LogP contribution in [0.1, 0.15) is 36.0 Å². The standard InChI is InChI=1S/C15H19ClFN3O2/c16-10-8-11(14(18)12(17)9-10)15(22)19-5-4-13(21)20-6-2-1-3-7-20/h8-9H,1-7,18H2,(H,19,22). The predicted molar refractivity (Wildman–Crippen MR) is 83.2 cm³/mol. The Balaban J connectivity index is 1.86. The molecule has 0 aromatic heterocycles. The van der Waals surface area contributed by atoms with Crippen LogP contribution < -0.4 is 11.1 Å². The molecule has 1 aromatic rings. The van der Waals surface area contributed by atoms with Gasteiger partial charge in [-0.3, -0.25) is 9.59 Å². The number of hydrogen-bond acceptors (Lipinski definition) is 3. The zero-order valence-electron chi connectivity index (χ0n) is 12.2. The lowest BCUT2D eigenvalue weighted by Gasteiger charge is -2.26. The summed E-state index contributed by atoms with van der Waals surface area (Å²) in [6.07, 6.45) is 3.42. The number of carbonyl (C=O) groups is 2. The summed E-state index contributed by atoms with van der Waals surface area (Å²) >= 11 is 5.72. The first kappa shape index (κ1) is 16.5. The van der Waals surface area contributed by atoms with Gasteiger partial charge in [0.25, 0.3) is 5.91 Å². The molecule has 5 nitrogen and oxygen atoms in total. The third kappa shape index (κ3) is 4.10. The Hall–Kier alpha value is -1.82. The van der Waals surface area contributed by atoms with E-state index in [0.29, 0.717) is 0 Å². The number of carbonyl (C=O) groups excluding carboxylic acids is 2. The number of hydrogen-bond donors (Lipinski definition) is 2. The van der Waals surface area contributed by atoms with E-state index in [0.717, 1.165) is 38.4 Å². The third-order valence-corrected chi connectivity index (χ3v) is 3.89. The van der Waals surface area contributed by atoms with Gasteiger partial charge in [-0.15, -0.1) is 0 Å². The van der Waals surface area contributed by atoms with Crippen molar-refractivity contribution in [3.8, 4) is 0 Å².